The third-order valence-electron chi connectivity index (χ3n) is 5.23. The van der Waals surface area contributed by atoms with Crippen molar-refractivity contribution < 1.29 is 9.32 Å². The van der Waals surface area contributed by atoms with E-state index in [-0.39, 0.29) is 5.91 Å². The lowest BCUT2D eigenvalue weighted by atomic mass is 10.0. The summed E-state index contributed by atoms with van der Waals surface area (Å²) in [6.07, 6.45) is 0. The fourth-order valence-electron chi connectivity index (χ4n) is 3.77. The molecule has 0 fully saturated rings. The van der Waals surface area contributed by atoms with E-state index in [1.807, 2.05) is 74.6 Å². The number of hydrogen-bond acceptors (Lipinski definition) is 6. The van der Waals surface area contributed by atoms with Gasteiger partial charge in [0, 0.05) is 25.1 Å². The Morgan fingerprint density at radius 2 is 1.75 bits per heavy atom. The van der Waals surface area contributed by atoms with Crippen LogP contribution in [0.1, 0.15) is 21.9 Å². The van der Waals surface area contributed by atoms with E-state index in [9.17, 15) is 4.79 Å². The van der Waals surface area contributed by atoms with Gasteiger partial charge < -0.3 is 9.84 Å². The van der Waals surface area contributed by atoms with E-state index in [0.717, 1.165) is 16.6 Å². The number of nitrogens with one attached hydrogen (secondary N) is 1. The number of carbonyl (C=O) groups excluding carboxylic acids is 1. The van der Waals surface area contributed by atoms with Crippen LogP contribution in [-0.4, -0.2) is 30.8 Å². The van der Waals surface area contributed by atoms with E-state index in [2.05, 4.69) is 20.6 Å². The number of amides is 1. The summed E-state index contributed by atoms with van der Waals surface area (Å²) >= 11 is 0. The number of rotatable bonds is 4. The van der Waals surface area contributed by atoms with Gasteiger partial charge in [-0.3, -0.25) is 9.48 Å². The SMILES string of the molecule is Cc1nc(-c2ccccc2NC(=O)c2cc(-c3ccccc3)nc3c2c(C)nn3C)no1. The molecule has 0 bridgehead atoms. The van der Waals surface area contributed by atoms with E-state index in [4.69, 9.17) is 9.51 Å². The zero-order chi connectivity index (χ0) is 22.2. The third-order valence-corrected chi connectivity index (χ3v) is 5.23. The van der Waals surface area contributed by atoms with Gasteiger partial charge in [0.25, 0.3) is 5.91 Å². The zero-order valence-corrected chi connectivity index (χ0v) is 17.8. The Morgan fingerprint density at radius 3 is 2.50 bits per heavy atom. The summed E-state index contributed by atoms with van der Waals surface area (Å²) in [4.78, 5) is 22.6. The van der Waals surface area contributed by atoms with Gasteiger partial charge in [-0.2, -0.15) is 10.1 Å². The molecule has 0 spiro atoms. The predicted octanol–water partition coefficient (Wildman–Crippen LogP) is 4.55. The maximum Gasteiger partial charge on any atom is 0.256 e. The Balaban J connectivity index is 1.62. The highest BCUT2D eigenvalue weighted by atomic mass is 16.5. The van der Waals surface area contributed by atoms with Crippen molar-refractivity contribution in [1.29, 1.82) is 0 Å². The quantitative estimate of drug-likeness (QED) is 0.454. The average molecular weight is 424 g/mol. The van der Waals surface area contributed by atoms with Crippen molar-refractivity contribution in [2.75, 3.05) is 5.32 Å². The molecule has 0 unspecified atom stereocenters. The van der Waals surface area contributed by atoms with Crippen LogP contribution in [0, 0.1) is 13.8 Å². The Hall–Kier alpha value is -4.33. The highest BCUT2D eigenvalue weighted by Gasteiger charge is 2.21. The molecule has 3 aromatic heterocycles. The lowest BCUT2D eigenvalue weighted by Crippen LogP contribution is -2.14. The fourth-order valence-corrected chi connectivity index (χ4v) is 3.77. The highest BCUT2D eigenvalue weighted by Crippen LogP contribution is 2.30. The van der Waals surface area contributed by atoms with Crippen LogP contribution in [0.2, 0.25) is 0 Å². The number of aromatic nitrogens is 5. The van der Waals surface area contributed by atoms with E-state index in [1.54, 1.807) is 11.6 Å². The molecule has 0 atom stereocenters. The molecule has 0 radical (unpaired) electrons. The lowest BCUT2D eigenvalue weighted by molar-refractivity contribution is 0.102. The lowest BCUT2D eigenvalue weighted by Gasteiger charge is -2.11. The largest absolute Gasteiger partial charge is 0.339 e. The van der Waals surface area contributed by atoms with Gasteiger partial charge in [0.2, 0.25) is 11.7 Å². The number of nitrogens with zero attached hydrogens (tertiary/aromatic N) is 5. The molecule has 0 saturated carbocycles. The predicted molar refractivity (Wildman–Crippen MR) is 121 cm³/mol. The minimum Gasteiger partial charge on any atom is -0.339 e. The van der Waals surface area contributed by atoms with Gasteiger partial charge in [0.1, 0.15) is 0 Å². The summed E-state index contributed by atoms with van der Waals surface area (Å²) in [5.74, 6) is 0.606. The normalized spacial score (nSPS) is 11.1. The summed E-state index contributed by atoms with van der Waals surface area (Å²) < 4.78 is 6.81. The number of aryl methyl sites for hydroxylation is 3. The molecule has 2 aromatic carbocycles. The first-order chi connectivity index (χ1) is 15.5. The number of benzene rings is 2. The summed E-state index contributed by atoms with van der Waals surface area (Å²) in [6.45, 7) is 3.60. The van der Waals surface area contributed by atoms with Crippen molar-refractivity contribution in [1.82, 2.24) is 24.9 Å². The Kier molecular flexibility index (Phi) is 4.74. The second-order valence-corrected chi connectivity index (χ2v) is 7.47. The number of hydrogen-bond donors (Lipinski definition) is 1. The molecule has 8 nitrogen and oxygen atoms in total. The summed E-state index contributed by atoms with van der Waals surface area (Å²) in [7, 11) is 1.83. The van der Waals surface area contributed by atoms with Crippen molar-refractivity contribution in [3.63, 3.8) is 0 Å². The fraction of sp³-hybridized carbons (Fsp3) is 0.125. The molecule has 8 heteroatoms. The Bertz CT molecular complexity index is 1450. The zero-order valence-electron chi connectivity index (χ0n) is 17.8. The first-order valence-electron chi connectivity index (χ1n) is 10.1. The standard InChI is InChI=1S/C24H20N6O2/c1-14-21-18(13-20(16-9-5-4-6-10-16)26-23(21)30(3)28-14)24(31)27-19-12-8-7-11-17(19)22-25-15(2)32-29-22/h4-13H,1-3H3,(H,27,31). The second kappa shape index (κ2) is 7.73. The molecule has 158 valence electrons. The highest BCUT2D eigenvalue weighted by molar-refractivity contribution is 6.14. The molecule has 5 rings (SSSR count). The van der Waals surface area contributed by atoms with E-state index in [1.165, 1.54) is 0 Å². The van der Waals surface area contributed by atoms with Crippen LogP contribution < -0.4 is 5.32 Å². The number of pyridine rings is 1. The summed E-state index contributed by atoms with van der Waals surface area (Å²) in [5.41, 5.74) is 4.77. The maximum absolute atomic E-state index is 13.5. The first kappa shape index (κ1) is 19.6. The number of para-hydroxylation sites is 1. The molecular weight excluding hydrogens is 404 g/mol. The molecule has 1 N–H and O–H groups in total. The molecule has 0 aliphatic carbocycles. The number of fused-ring (bicyclic) bond motifs is 1. The molecule has 5 aromatic rings. The van der Waals surface area contributed by atoms with Crippen molar-refractivity contribution in [3.05, 3.63) is 77.8 Å². The second-order valence-electron chi connectivity index (χ2n) is 7.47. The molecule has 0 aliphatic rings. The molecule has 1 amide bonds. The number of anilines is 1. The van der Waals surface area contributed by atoms with Crippen molar-refractivity contribution in [2.45, 2.75) is 13.8 Å². The monoisotopic (exact) mass is 424 g/mol. The third kappa shape index (κ3) is 3.41. The molecule has 3 heterocycles. The van der Waals surface area contributed by atoms with Gasteiger partial charge in [0.15, 0.2) is 5.65 Å². The summed E-state index contributed by atoms with van der Waals surface area (Å²) in [6, 6.07) is 18.9. The minimum atomic E-state index is -0.265. The van der Waals surface area contributed by atoms with Gasteiger partial charge in [-0.25, -0.2) is 4.98 Å². The van der Waals surface area contributed by atoms with Crippen LogP contribution in [0.3, 0.4) is 0 Å². The van der Waals surface area contributed by atoms with Crippen LogP contribution in [0.5, 0.6) is 0 Å². The van der Waals surface area contributed by atoms with E-state index >= 15 is 0 Å². The van der Waals surface area contributed by atoms with Gasteiger partial charge >= 0.3 is 0 Å². The summed E-state index contributed by atoms with van der Waals surface area (Å²) in [5, 5.41) is 12.2. The molecular formula is C24H20N6O2. The van der Waals surface area contributed by atoms with E-state index < -0.39 is 0 Å². The molecule has 0 saturated heterocycles. The molecule has 0 aliphatic heterocycles. The smallest absolute Gasteiger partial charge is 0.256 e. The van der Waals surface area contributed by atoms with Crippen LogP contribution >= 0.6 is 0 Å². The van der Waals surface area contributed by atoms with Gasteiger partial charge in [-0.1, -0.05) is 47.6 Å². The minimum absolute atomic E-state index is 0.265. The molecule has 32 heavy (non-hydrogen) atoms. The van der Waals surface area contributed by atoms with Gasteiger partial charge in [-0.05, 0) is 25.1 Å². The van der Waals surface area contributed by atoms with Gasteiger partial charge in [0.05, 0.1) is 28.0 Å². The van der Waals surface area contributed by atoms with Crippen molar-refractivity contribution >= 4 is 22.6 Å². The van der Waals surface area contributed by atoms with Crippen LogP contribution in [0.15, 0.2) is 65.2 Å². The maximum atomic E-state index is 13.5. The first-order valence-corrected chi connectivity index (χ1v) is 10.1. The van der Waals surface area contributed by atoms with Crippen molar-refractivity contribution in [2.24, 2.45) is 7.05 Å². The average Bonchev–Trinajstić information content (AvgIpc) is 3.36. The Labute approximate surface area is 183 Å². The number of carbonyl (C=O) groups is 1. The van der Waals surface area contributed by atoms with Crippen LogP contribution in [0.4, 0.5) is 5.69 Å². The topological polar surface area (TPSA) is 98.7 Å². The van der Waals surface area contributed by atoms with Gasteiger partial charge in [-0.15, -0.1) is 0 Å². The van der Waals surface area contributed by atoms with E-state index in [0.29, 0.717) is 39.9 Å². The van der Waals surface area contributed by atoms with Crippen LogP contribution in [0.25, 0.3) is 33.7 Å². The van der Waals surface area contributed by atoms with Crippen molar-refractivity contribution in [3.8, 4) is 22.6 Å². The van der Waals surface area contributed by atoms with Crippen LogP contribution in [-0.2, 0) is 7.05 Å². The Morgan fingerprint density at radius 1 is 1.00 bits per heavy atom.